The van der Waals surface area contributed by atoms with E-state index < -0.39 is 0 Å². The van der Waals surface area contributed by atoms with E-state index >= 15 is 0 Å². The molecule has 0 fully saturated rings. The zero-order valence-corrected chi connectivity index (χ0v) is 12.5. The third kappa shape index (κ3) is 3.72. The summed E-state index contributed by atoms with van der Waals surface area (Å²) in [4.78, 5) is 14.4. The number of nitro benzene ring substituents is 1. The Bertz CT molecular complexity index is 606. The number of nitrogens with zero attached hydrogens (tertiary/aromatic N) is 3. The van der Waals surface area contributed by atoms with Crippen molar-refractivity contribution in [2.45, 2.75) is 6.54 Å². The minimum absolute atomic E-state index is 0.113. The summed E-state index contributed by atoms with van der Waals surface area (Å²) >= 11 is 0. The molecule has 5 heteroatoms. The molecule has 0 spiro atoms. The second-order valence-corrected chi connectivity index (χ2v) is 5.19. The molecular weight excluding hydrogens is 266 g/mol. The van der Waals surface area contributed by atoms with Crippen molar-refractivity contribution in [1.82, 2.24) is 0 Å². The van der Waals surface area contributed by atoms with Gasteiger partial charge in [0, 0.05) is 51.2 Å². The normalized spacial score (nSPS) is 10.2. The molecule has 0 aliphatic carbocycles. The Kier molecular flexibility index (Phi) is 4.42. The molecule has 0 aliphatic heterocycles. The Balaban J connectivity index is 2.06. The molecule has 110 valence electrons. The van der Waals surface area contributed by atoms with Gasteiger partial charge in [0.1, 0.15) is 0 Å². The standard InChI is InChI=1S/C16H19N3O2/c1-17(2)14-6-4-13(5-7-14)12-18(3)15-8-10-16(11-9-15)19(20)21/h4-11H,12H2,1-3H3. The SMILES string of the molecule is CN(C)c1ccc(CN(C)c2ccc([N+](=O)[O-])cc2)cc1. The third-order valence-corrected chi connectivity index (χ3v) is 3.37. The first-order valence-electron chi connectivity index (χ1n) is 6.69. The highest BCUT2D eigenvalue weighted by Gasteiger charge is 2.07. The number of non-ortho nitro benzene ring substituents is 1. The minimum atomic E-state index is -0.385. The Morgan fingerprint density at radius 3 is 1.90 bits per heavy atom. The van der Waals surface area contributed by atoms with Gasteiger partial charge < -0.3 is 9.80 Å². The van der Waals surface area contributed by atoms with Crippen LogP contribution in [0.5, 0.6) is 0 Å². The van der Waals surface area contributed by atoms with E-state index in [4.69, 9.17) is 0 Å². The van der Waals surface area contributed by atoms with E-state index in [0.717, 1.165) is 17.9 Å². The number of nitro groups is 1. The van der Waals surface area contributed by atoms with Crippen LogP contribution in [0.15, 0.2) is 48.5 Å². The van der Waals surface area contributed by atoms with Crippen LogP contribution in [-0.2, 0) is 6.54 Å². The Morgan fingerprint density at radius 2 is 1.43 bits per heavy atom. The van der Waals surface area contributed by atoms with E-state index in [-0.39, 0.29) is 10.6 Å². The van der Waals surface area contributed by atoms with E-state index in [1.165, 1.54) is 17.7 Å². The molecule has 0 atom stereocenters. The molecule has 2 aromatic rings. The van der Waals surface area contributed by atoms with Gasteiger partial charge in [-0.05, 0) is 29.8 Å². The van der Waals surface area contributed by atoms with Gasteiger partial charge in [-0.25, -0.2) is 0 Å². The van der Waals surface area contributed by atoms with Crippen LogP contribution >= 0.6 is 0 Å². The van der Waals surface area contributed by atoms with Crippen molar-refractivity contribution in [3.05, 3.63) is 64.2 Å². The molecule has 0 unspecified atom stereocenters. The van der Waals surface area contributed by atoms with Crippen LogP contribution < -0.4 is 9.80 Å². The Morgan fingerprint density at radius 1 is 0.905 bits per heavy atom. The van der Waals surface area contributed by atoms with Gasteiger partial charge in [-0.3, -0.25) is 10.1 Å². The zero-order chi connectivity index (χ0) is 15.4. The summed E-state index contributed by atoms with van der Waals surface area (Å²) in [5.74, 6) is 0. The lowest BCUT2D eigenvalue weighted by atomic mass is 10.1. The van der Waals surface area contributed by atoms with E-state index in [9.17, 15) is 10.1 Å². The topological polar surface area (TPSA) is 49.6 Å². The van der Waals surface area contributed by atoms with Gasteiger partial charge in [-0.15, -0.1) is 0 Å². The molecule has 0 saturated carbocycles. The lowest BCUT2D eigenvalue weighted by Gasteiger charge is -2.20. The molecule has 0 bridgehead atoms. The van der Waals surface area contributed by atoms with Crippen LogP contribution in [0.25, 0.3) is 0 Å². The molecule has 2 rings (SSSR count). The van der Waals surface area contributed by atoms with Crippen molar-refractivity contribution in [2.24, 2.45) is 0 Å². The third-order valence-electron chi connectivity index (χ3n) is 3.37. The minimum Gasteiger partial charge on any atom is -0.378 e. The summed E-state index contributed by atoms with van der Waals surface area (Å²) in [5, 5.41) is 10.6. The second kappa shape index (κ2) is 6.26. The lowest BCUT2D eigenvalue weighted by molar-refractivity contribution is -0.384. The molecule has 5 nitrogen and oxygen atoms in total. The average molecular weight is 285 g/mol. The van der Waals surface area contributed by atoms with Crippen molar-refractivity contribution in [3.8, 4) is 0 Å². The Labute approximate surface area is 124 Å². The number of hydrogen-bond donors (Lipinski definition) is 0. The molecule has 0 saturated heterocycles. The van der Waals surface area contributed by atoms with Crippen LogP contribution in [0.4, 0.5) is 17.1 Å². The highest BCUT2D eigenvalue weighted by atomic mass is 16.6. The highest BCUT2D eigenvalue weighted by molar-refractivity contribution is 5.51. The number of hydrogen-bond acceptors (Lipinski definition) is 4. The maximum Gasteiger partial charge on any atom is 0.269 e. The molecule has 0 aromatic heterocycles. The van der Waals surface area contributed by atoms with Gasteiger partial charge in [0.15, 0.2) is 0 Å². The fourth-order valence-electron chi connectivity index (χ4n) is 2.09. The molecule has 0 aliphatic rings. The van der Waals surface area contributed by atoms with Gasteiger partial charge in [0.05, 0.1) is 4.92 Å². The quantitative estimate of drug-likeness (QED) is 0.625. The fourth-order valence-corrected chi connectivity index (χ4v) is 2.09. The zero-order valence-electron chi connectivity index (χ0n) is 12.5. The predicted molar refractivity (Wildman–Crippen MR) is 86.0 cm³/mol. The van der Waals surface area contributed by atoms with Gasteiger partial charge in [0.25, 0.3) is 5.69 Å². The van der Waals surface area contributed by atoms with Crippen molar-refractivity contribution in [1.29, 1.82) is 0 Å². The van der Waals surface area contributed by atoms with Gasteiger partial charge >= 0.3 is 0 Å². The van der Waals surface area contributed by atoms with E-state index in [1.807, 2.05) is 21.1 Å². The Hall–Kier alpha value is -2.56. The monoisotopic (exact) mass is 285 g/mol. The van der Waals surface area contributed by atoms with E-state index in [0.29, 0.717) is 0 Å². The summed E-state index contributed by atoms with van der Waals surface area (Å²) < 4.78 is 0. The highest BCUT2D eigenvalue weighted by Crippen LogP contribution is 2.20. The largest absolute Gasteiger partial charge is 0.378 e. The van der Waals surface area contributed by atoms with Crippen molar-refractivity contribution < 1.29 is 4.92 Å². The molecule has 2 aromatic carbocycles. The molecule has 0 amide bonds. The van der Waals surface area contributed by atoms with E-state index in [1.54, 1.807) is 12.1 Å². The van der Waals surface area contributed by atoms with Gasteiger partial charge in [0.2, 0.25) is 0 Å². The van der Waals surface area contributed by atoms with Crippen molar-refractivity contribution in [2.75, 3.05) is 30.9 Å². The molecule has 0 heterocycles. The number of rotatable bonds is 5. The van der Waals surface area contributed by atoms with Gasteiger partial charge in [-0.1, -0.05) is 12.1 Å². The predicted octanol–water partition coefficient (Wildman–Crippen LogP) is 3.30. The smallest absolute Gasteiger partial charge is 0.269 e. The first-order valence-corrected chi connectivity index (χ1v) is 6.69. The van der Waals surface area contributed by atoms with Crippen LogP contribution in [0, 0.1) is 10.1 Å². The lowest BCUT2D eigenvalue weighted by Crippen LogP contribution is -2.16. The summed E-state index contributed by atoms with van der Waals surface area (Å²) in [5.41, 5.74) is 3.43. The second-order valence-electron chi connectivity index (χ2n) is 5.19. The number of anilines is 2. The molecule has 0 radical (unpaired) electrons. The van der Waals surface area contributed by atoms with Crippen LogP contribution in [0.2, 0.25) is 0 Å². The summed E-state index contributed by atoms with van der Waals surface area (Å²) in [7, 11) is 6.00. The summed E-state index contributed by atoms with van der Waals surface area (Å²) in [6.07, 6.45) is 0. The van der Waals surface area contributed by atoms with Crippen LogP contribution in [0.3, 0.4) is 0 Å². The maximum atomic E-state index is 10.6. The molecule has 21 heavy (non-hydrogen) atoms. The molecular formula is C16H19N3O2. The summed E-state index contributed by atoms with van der Waals surface area (Å²) in [6, 6.07) is 15.0. The van der Waals surface area contributed by atoms with Crippen LogP contribution in [-0.4, -0.2) is 26.1 Å². The first kappa shape index (κ1) is 14.8. The average Bonchev–Trinajstić information content (AvgIpc) is 2.47. The van der Waals surface area contributed by atoms with Crippen molar-refractivity contribution >= 4 is 17.1 Å². The number of benzene rings is 2. The fraction of sp³-hybridized carbons (Fsp3) is 0.250. The van der Waals surface area contributed by atoms with Crippen LogP contribution in [0.1, 0.15) is 5.56 Å². The van der Waals surface area contributed by atoms with E-state index in [2.05, 4.69) is 34.1 Å². The van der Waals surface area contributed by atoms with Gasteiger partial charge in [-0.2, -0.15) is 0 Å². The summed E-state index contributed by atoms with van der Waals surface area (Å²) in [6.45, 7) is 0.755. The molecule has 0 N–H and O–H groups in total. The van der Waals surface area contributed by atoms with Crippen molar-refractivity contribution in [3.63, 3.8) is 0 Å². The first-order chi connectivity index (χ1) is 9.97. The maximum absolute atomic E-state index is 10.6.